The number of aromatic nitrogens is 1. The van der Waals surface area contributed by atoms with Crippen molar-refractivity contribution < 1.29 is 17.9 Å². The molecule has 0 radical (unpaired) electrons. The first-order valence-corrected chi connectivity index (χ1v) is 13.2. The van der Waals surface area contributed by atoms with Crippen molar-refractivity contribution in [2.75, 3.05) is 31.3 Å². The molecule has 0 bridgehead atoms. The lowest BCUT2D eigenvalue weighted by Gasteiger charge is -2.16. The molecule has 4 rings (SSSR count). The van der Waals surface area contributed by atoms with Crippen LogP contribution in [0.15, 0.2) is 52.4 Å². The van der Waals surface area contributed by atoms with Crippen LogP contribution in [0.5, 0.6) is 5.75 Å². The fraction of sp³-hybridized carbons (Fsp3) is 0.333. The lowest BCUT2D eigenvalue weighted by Crippen LogP contribution is -2.27. The average molecular weight is 486 g/mol. The maximum atomic E-state index is 12.9. The minimum atomic E-state index is -3.48. The van der Waals surface area contributed by atoms with Crippen LogP contribution in [0.4, 0.5) is 5.69 Å². The molecule has 0 aliphatic carbocycles. The smallest absolute Gasteiger partial charge is 0.243 e. The monoisotopic (exact) mass is 485 g/mol. The minimum Gasteiger partial charge on any atom is -0.495 e. The number of thioether (sulfide) groups is 1. The number of anilines is 1. The van der Waals surface area contributed by atoms with E-state index in [1.54, 1.807) is 29.6 Å². The molecular weight excluding hydrogens is 458 g/mol. The quantitative estimate of drug-likeness (QED) is 0.500. The van der Waals surface area contributed by atoms with Crippen LogP contribution >= 0.6 is 11.8 Å². The highest BCUT2D eigenvalue weighted by Crippen LogP contribution is 2.29. The second-order valence-corrected chi connectivity index (χ2v) is 11.0. The van der Waals surface area contributed by atoms with Gasteiger partial charge in [0.1, 0.15) is 5.75 Å². The number of amides is 1. The van der Waals surface area contributed by atoms with E-state index < -0.39 is 10.0 Å². The number of aryl methyl sites for hydroxylation is 2. The number of pyridine rings is 1. The number of hydrogen-bond acceptors (Lipinski definition) is 6. The molecule has 1 N–H and O–H groups in total. The maximum absolute atomic E-state index is 12.9. The zero-order valence-corrected chi connectivity index (χ0v) is 20.6. The number of benzene rings is 2. The first kappa shape index (κ1) is 23.5. The Kier molecular flexibility index (Phi) is 6.92. The third-order valence-electron chi connectivity index (χ3n) is 5.65. The van der Waals surface area contributed by atoms with Crippen molar-refractivity contribution in [1.82, 2.24) is 9.29 Å². The summed E-state index contributed by atoms with van der Waals surface area (Å²) in [5.41, 5.74) is 3.29. The van der Waals surface area contributed by atoms with E-state index >= 15 is 0 Å². The standard InChI is InChI=1S/C24H27N3O4S2/c1-16-6-9-22(31-3)21(12-16)25-23(28)15-32-24-13-17(2)19-14-18(7-8-20(19)26-24)33(29,30)27-10-4-5-11-27/h6-9,12-14H,4-5,10-11,15H2,1-3H3,(H,25,28). The van der Waals surface area contributed by atoms with E-state index in [4.69, 9.17) is 4.74 Å². The summed E-state index contributed by atoms with van der Waals surface area (Å²) in [6, 6.07) is 12.6. The number of hydrogen-bond donors (Lipinski definition) is 1. The number of sulfonamides is 1. The number of nitrogens with one attached hydrogen (secondary N) is 1. The molecule has 1 aliphatic rings. The molecule has 0 atom stereocenters. The zero-order chi connectivity index (χ0) is 23.6. The molecule has 0 unspecified atom stereocenters. The predicted octanol–water partition coefficient (Wildman–Crippen LogP) is 4.38. The van der Waals surface area contributed by atoms with Gasteiger partial charge in [-0.15, -0.1) is 0 Å². The highest BCUT2D eigenvalue weighted by Gasteiger charge is 2.27. The topological polar surface area (TPSA) is 88.6 Å². The Bertz CT molecular complexity index is 1300. The fourth-order valence-electron chi connectivity index (χ4n) is 3.90. The third-order valence-corrected chi connectivity index (χ3v) is 8.45. The second kappa shape index (κ2) is 9.70. The molecule has 7 nitrogen and oxygen atoms in total. The molecular formula is C24H27N3O4S2. The summed E-state index contributed by atoms with van der Waals surface area (Å²) < 4.78 is 32.7. The summed E-state index contributed by atoms with van der Waals surface area (Å²) in [6.45, 7) is 5.03. The van der Waals surface area contributed by atoms with Crippen LogP contribution in [-0.2, 0) is 14.8 Å². The van der Waals surface area contributed by atoms with Gasteiger partial charge in [-0.25, -0.2) is 13.4 Å². The van der Waals surface area contributed by atoms with E-state index in [0.717, 1.165) is 29.4 Å². The van der Waals surface area contributed by atoms with Gasteiger partial charge in [0.05, 0.1) is 34.0 Å². The number of methoxy groups -OCH3 is 1. The van der Waals surface area contributed by atoms with Crippen LogP contribution in [0.25, 0.3) is 10.9 Å². The molecule has 1 amide bonds. The lowest BCUT2D eigenvalue weighted by atomic mass is 10.1. The van der Waals surface area contributed by atoms with E-state index in [-0.39, 0.29) is 11.7 Å². The molecule has 1 aliphatic heterocycles. The highest BCUT2D eigenvalue weighted by molar-refractivity contribution is 7.99. The van der Waals surface area contributed by atoms with Crippen molar-refractivity contribution in [2.24, 2.45) is 0 Å². The Morgan fingerprint density at radius 1 is 1.12 bits per heavy atom. The summed E-state index contributed by atoms with van der Waals surface area (Å²) in [4.78, 5) is 17.4. The number of rotatable bonds is 7. The van der Waals surface area contributed by atoms with Gasteiger partial charge < -0.3 is 10.1 Å². The lowest BCUT2D eigenvalue weighted by molar-refractivity contribution is -0.113. The van der Waals surface area contributed by atoms with Crippen molar-refractivity contribution in [3.8, 4) is 5.75 Å². The van der Waals surface area contributed by atoms with Crippen molar-refractivity contribution in [1.29, 1.82) is 0 Å². The van der Waals surface area contributed by atoms with Crippen LogP contribution in [-0.4, -0.2) is 49.6 Å². The van der Waals surface area contributed by atoms with Crippen molar-refractivity contribution in [3.63, 3.8) is 0 Å². The average Bonchev–Trinajstić information content (AvgIpc) is 3.34. The van der Waals surface area contributed by atoms with Gasteiger partial charge in [0.2, 0.25) is 15.9 Å². The fourth-order valence-corrected chi connectivity index (χ4v) is 6.22. The van der Waals surface area contributed by atoms with Gasteiger partial charge in [-0.1, -0.05) is 17.8 Å². The van der Waals surface area contributed by atoms with Gasteiger partial charge >= 0.3 is 0 Å². The summed E-state index contributed by atoms with van der Waals surface area (Å²) in [5, 5.41) is 4.40. The molecule has 1 saturated heterocycles. The van der Waals surface area contributed by atoms with Gasteiger partial charge in [0.15, 0.2) is 0 Å². The molecule has 9 heteroatoms. The van der Waals surface area contributed by atoms with E-state index in [0.29, 0.717) is 40.0 Å². The maximum Gasteiger partial charge on any atom is 0.243 e. The molecule has 33 heavy (non-hydrogen) atoms. The van der Waals surface area contributed by atoms with Crippen LogP contribution < -0.4 is 10.1 Å². The Balaban J connectivity index is 1.49. The molecule has 0 spiro atoms. The van der Waals surface area contributed by atoms with Gasteiger partial charge in [0.25, 0.3) is 0 Å². The van der Waals surface area contributed by atoms with E-state index in [9.17, 15) is 13.2 Å². The van der Waals surface area contributed by atoms with Gasteiger partial charge in [-0.2, -0.15) is 4.31 Å². The van der Waals surface area contributed by atoms with Crippen LogP contribution in [0.3, 0.4) is 0 Å². The van der Waals surface area contributed by atoms with Gasteiger partial charge in [-0.05, 0) is 74.2 Å². The second-order valence-electron chi connectivity index (χ2n) is 8.11. The molecule has 174 valence electrons. The summed E-state index contributed by atoms with van der Waals surface area (Å²) in [7, 11) is -1.91. The number of carbonyl (C=O) groups excluding carboxylic acids is 1. The van der Waals surface area contributed by atoms with Gasteiger partial charge in [0, 0.05) is 18.5 Å². The van der Waals surface area contributed by atoms with E-state index in [1.165, 1.54) is 11.8 Å². The summed E-state index contributed by atoms with van der Waals surface area (Å²) >= 11 is 1.33. The molecule has 2 heterocycles. The number of fused-ring (bicyclic) bond motifs is 1. The first-order chi connectivity index (χ1) is 15.8. The van der Waals surface area contributed by atoms with Crippen LogP contribution in [0, 0.1) is 13.8 Å². The van der Waals surface area contributed by atoms with Gasteiger partial charge in [-0.3, -0.25) is 4.79 Å². The molecule has 0 saturated carbocycles. The highest BCUT2D eigenvalue weighted by atomic mass is 32.2. The summed E-state index contributed by atoms with van der Waals surface area (Å²) in [5.74, 6) is 0.644. The van der Waals surface area contributed by atoms with Crippen LogP contribution in [0.1, 0.15) is 24.0 Å². The molecule has 1 fully saturated rings. The Hall–Kier alpha value is -2.62. The normalized spacial score (nSPS) is 14.5. The number of ether oxygens (including phenoxy) is 1. The first-order valence-electron chi connectivity index (χ1n) is 10.8. The summed E-state index contributed by atoms with van der Waals surface area (Å²) in [6.07, 6.45) is 1.80. The third kappa shape index (κ3) is 5.15. The Morgan fingerprint density at radius 2 is 1.88 bits per heavy atom. The predicted molar refractivity (Wildman–Crippen MR) is 132 cm³/mol. The molecule has 1 aromatic heterocycles. The van der Waals surface area contributed by atoms with E-state index in [1.807, 2.05) is 38.1 Å². The SMILES string of the molecule is COc1ccc(C)cc1NC(=O)CSc1cc(C)c2cc(S(=O)(=O)N3CCCC3)ccc2n1. The number of carbonyl (C=O) groups is 1. The van der Waals surface area contributed by atoms with E-state index in [2.05, 4.69) is 10.3 Å². The minimum absolute atomic E-state index is 0.157. The Labute approximate surface area is 198 Å². The largest absolute Gasteiger partial charge is 0.495 e. The number of nitrogens with zero attached hydrogens (tertiary/aromatic N) is 2. The Morgan fingerprint density at radius 3 is 2.61 bits per heavy atom. The van der Waals surface area contributed by atoms with Crippen molar-refractivity contribution >= 4 is 44.3 Å². The van der Waals surface area contributed by atoms with Crippen LogP contribution in [0.2, 0.25) is 0 Å². The van der Waals surface area contributed by atoms with Crippen molar-refractivity contribution in [3.05, 3.63) is 53.6 Å². The molecule has 2 aromatic carbocycles. The zero-order valence-electron chi connectivity index (χ0n) is 18.9. The van der Waals surface area contributed by atoms with Crippen molar-refractivity contribution in [2.45, 2.75) is 36.6 Å². The molecule has 3 aromatic rings.